The molecule has 0 atom stereocenters. The second-order valence-electron chi connectivity index (χ2n) is 9.25. The van der Waals surface area contributed by atoms with Gasteiger partial charge in [-0.2, -0.15) is 4.31 Å². The summed E-state index contributed by atoms with van der Waals surface area (Å²) in [6.07, 6.45) is 4.59. The lowest BCUT2D eigenvalue weighted by atomic mass is 9.87. The van der Waals surface area contributed by atoms with Gasteiger partial charge in [-0.05, 0) is 36.0 Å². The fourth-order valence-electron chi connectivity index (χ4n) is 4.02. The Labute approximate surface area is 175 Å². The highest BCUT2D eigenvalue weighted by Crippen LogP contribution is 2.25. The van der Waals surface area contributed by atoms with E-state index < -0.39 is 10.0 Å². The third kappa shape index (κ3) is 5.58. The molecule has 0 aliphatic carbocycles. The first-order valence-electron chi connectivity index (χ1n) is 10.8. The maximum absolute atomic E-state index is 13.0. The molecule has 1 amide bonds. The van der Waals surface area contributed by atoms with Gasteiger partial charge in [0.1, 0.15) is 0 Å². The standard InChI is InChI=1S/C22H35N3O3S/c1-22(2,3)19-8-10-20(11-9-19)29(27,28)25-16-14-23(15-17-25)18-21(26)24-12-6-4-5-7-13-24/h8-11H,4-7,12-18H2,1-3H3. The first kappa shape index (κ1) is 22.2. The highest BCUT2D eigenvalue weighted by molar-refractivity contribution is 7.89. The molecule has 2 heterocycles. The molecular formula is C22H35N3O3S. The second kappa shape index (κ2) is 9.14. The Kier molecular flexibility index (Phi) is 7.02. The summed E-state index contributed by atoms with van der Waals surface area (Å²) in [4.78, 5) is 17.0. The zero-order valence-electron chi connectivity index (χ0n) is 18.1. The molecule has 2 fully saturated rings. The van der Waals surface area contributed by atoms with Gasteiger partial charge in [0.2, 0.25) is 15.9 Å². The third-order valence-corrected chi connectivity index (χ3v) is 7.92. The lowest BCUT2D eigenvalue weighted by Crippen LogP contribution is -2.51. The van der Waals surface area contributed by atoms with Crippen molar-refractivity contribution in [1.29, 1.82) is 0 Å². The summed E-state index contributed by atoms with van der Waals surface area (Å²) in [5, 5.41) is 0. The lowest BCUT2D eigenvalue weighted by molar-refractivity contribution is -0.132. The molecule has 0 bridgehead atoms. The van der Waals surface area contributed by atoms with E-state index in [2.05, 4.69) is 25.7 Å². The van der Waals surface area contributed by atoms with Crippen LogP contribution in [0.4, 0.5) is 0 Å². The molecule has 29 heavy (non-hydrogen) atoms. The van der Waals surface area contributed by atoms with Crippen molar-refractivity contribution in [3.63, 3.8) is 0 Å². The molecule has 2 saturated heterocycles. The molecule has 1 aromatic carbocycles. The fraction of sp³-hybridized carbons (Fsp3) is 0.682. The van der Waals surface area contributed by atoms with Crippen molar-refractivity contribution >= 4 is 15.9 Å². The van der Waals surface area contributed by atoms with Gasteiger partial charge in [0.15, 0.2) is 0 Å². The topological polar surface area (TPSA) is 60.9 Å². The van der Waals surface area contributed by atoms with Crippen molar-refractivity contribution in [2.75, 3.05) is 45.8 Å². The Morgan fingerprint density at radius 2 is 1.41 bits per heavy atom. The van der Waals surface area contributed by atoms with E-state index >= 15 is 0 Å². The molecule has 1 aromatic rings. The van der Waals surface area contributed by atoms with Crippen molar-refractivity contribution in [1.82, 2.24) is 14.1 Å². The van der Waals surface area contributed by atoms with Gasteiger partial charge >= 0.3 is 0 Å². The lowest BCUT2D eigenvalue weighted by Gasteiger charge is -2.34. The minimum Gasteiger partial charge on any atom is -0.342 e. The number of nitrogens with zero attached hydrogens (tertiary/aromatic N) is 3. The van der Waals surface area contributed by atoms with E-state index in [0.717, 1.165) is 31.5 Å². The van der Waals surface area contributed by atoms with Crippen molar-refractivity contribution in [3.05, 3.63) is 29.8 Å². The summed E-state index contributed by atoms with van der Waals surface area (Å²) in [5.74, 6) is 0.181. The summed E-state index contributed by atoms with van der Waals surface area (Å²) >= 11 is 0. The number of amides is 1. The highest BCUT2D eigenvalue weighted by Gasteiger charge is 2.30. The van der Waals surface area contributed by atoms with Gasteiger partial charge in [0.25, 0.3) is 0 Å². The number of sulfonamides is 1. The molecule has 0 spiro atoms. The van der Waals surface area contributed by atoms with Crippen LogP contribution >= 0.6 is 0 Å². The zero-order valence-corrected chi connectivity index (χ0v) is 18.9. The van der Waals surface area contributed by atoms with Crippen LogP contribution < -0.4 is 0 Å². The number of piperazine rings is 1. The molecular weight excluding hydrogens is 386 g/mol. The second-order valence-corrected chi connectivity index (χ2v) is 11.2. The van der Waals surface area contributed by atoms with Crippen LogP contribution in [-0.4, -0.2) is 74.2 Å². The molecule has 0 N–H and O–H groups in total. The number of carbonyl (C=O) groups excluding carboxylic acids is 1. The summed E-state index contributed by atoms with van der Waals surface area (Å²) in [5.41, 5.74) is 1.11. The largest absolute Gasteiger partial charge is 0.342 e. The predicted octanol–water partition coefficient (Wildman–Crippen LogP) is 2.69. The van der Waals surface area contributed by atoms with Gasteiger partial charge < -0.3 is 4.90 Å². The van der Waals surface area contributed by atoms with Crippen LogP contribution in [0.5, 0.6) is 0 Å². The van der Waals surface area contributed by atoms with Crippen LogP contribution in [0, 0.1) is 0 Å². The molecule has 7 heteroatoms. The van der Waals surface area contributed by atoms with Gasteiger partial charge in [-0.15, -0.1) is 0 Å². The molecule has 2 aliphatic heterocycles. The van der Waals surface area contributed by atoms with Crippen molar-refractivity contribution in [3.8, 4) is 0 Å². The molecule has 0 radical (unpaired) electrons. The summed E-state index contributed by atoms with van der Waals surface area (Å²) in [7, 11) is -3.49. The van der Waals surface area contributed by atoms with E-state index in [-0.39, 0.29) is 11.3 Å². The van der Waals surface area contributed by atoms with Gasteiger partial charge in [-0.25, -0.2) is 8.42 Å². The van der Waals surface area contributed by atoms with Crippen LogP contribution in [0.25, 0.3) is 0 Å². The van der Waals surface area contributed by atoms with Gasteiger partial charge in [0.05, 0.1) is 11.4 Å². The predicted molar refractivity (Wildman–Crippen MR) is 115 cm³/mol. The Hall–Kier alpha value is -1.44. The summed E-state index contributed by atoms with van der Waals surface area (Å²) < 4.78 is 27.5. The Morgan fingerprint density at radius 1 is 0.862 bits per heavy atom. The van der Waals surface area contributed by atoms with Crippen LogP contribution in [0.15, 0.2) is 29.2 Å². The average Bonchev–Trinajstić information content (AvgIpc) is 2.97. The SMILES string of the molecule is CC(C)(C)c1ccc(S(=O)(=O)N2CCN(CC(=O)N3CCCCCC3)CC2)cc1. The van der Waals surface area contributed by atoms with Crippen LogP contribution in [0.3, 0.4) is 0 Å². The maximum atomic E-state index is 13.0. The molecule has 6 nitrogen and oxygen atoms in total. The van der Waals surface area contributed by atoms with E-state index in [1.165, 1.54) is 12.8 Å². The fourth-order valence-corrected chi connectivity index (χ4v) is 5.44. The maximum Gasteiger partial charge on any atom is 0.243 e. The molecule has 2 aliphatic rings. The number of hydrogen-bond donors (Lipinski definition) is 0. The monoisotopic (exact) mass is 421 g/mol. The number of hydrogen-bond acceptors (Lipinski definition) is 4. The van der Waals surface area contributed by atoms with Gasteiger partial charge in [-0.3, -0.25) is 9.69 Å². The van der Waals surface area contributed by atoms with E-state index in [9.17, 15) is 13.2 Å². The highest BCUT2D eigenvalue weighted by atomic mass is 32.2. The minimum absolute atomic E-state index is 0.00612. The number of carbonyl (C=O) groups is 1. The summed E-state index contributed by atoms with van der Waals surface area (Å²) in [6, 6.07) is 7.24. The molecule has 3 rings (SSSR count). The van der Waals surface area contributed by atoms with Crippen LogP contribution in [0.1, 0.15) is 52.0 Å². The van der Waals surface area contributed by atoms with E-state index in [1.807, 2.05) is 17.0 Å². The smallest absolute Gasteiger partial charge is 0.243 e. The Bertz CT molecular complexity index is 784. The zero-order chi connectivity index (χ0) is 21.1. The van der Waals surface area contributed by atoms with Crippen molar-refractivity contribution < 1.29 is 13.2 Å². The van der Waals surface area contributed by atoms with E-state index in [4.69, 9.17) is 0 Å². The Balaban J connectivity index is 1.56. The number of rotatable bonds is 4. The Morgan fingerprint density at radius 3 is 1.93 bits per heavy atom. The first-order chi connectivity index (χ1) is 13.7. The summed E-state index contributed by atoms with van der Waals surface area (Å²) in [6.45, 7) is 10.5. The first-order valence-corrected chi connectivity index (χ1v) is 12.2. The van der Waals surface area contributed by atoms with Crippen molar-refractivity contribution in [2.24, 2.45) is 0 Å². The van der Waals surface area contributed by atoms with Gasteiger partial charge in [-0.1, -0.05) is 45.7 Å². The van der Waals surface area contributed by atoms with Crippen LogP contribution in [0.2, 0.25) is 0 Å². The average molecular weight is 422 g/mol. The minimum atomic E-state index is -3.49. The third-order valence-electron chi connectivity index (χ3n) is 6.01. The molecule has 162 valence electrons. The van der Waals surface area contributed by atoms with Crippen LogP contribution in [-0.2, 0) is 20.2 Å². The molecule has 0 aromatic heterocycles. The van der Waals surface area contributed by atoms with Crippen molar-refractivity contribution in [2.45, 2.75) is 56.8 Å². The number of likely N-dealkylation sites (tertiary alicyclic amines) is 1. The van der Waals surface area contributed by atoms with E-state index in [1.54, 1.807) is 16.4 Å². The quantitative estimate of drug-likeness (QED) is 0.750. The molecule has 0 unspecified atom stereocenters. The molecule has 0 saturated carbocycles. The normalized spacial score (nSPS) is 20.4. The van der Waals surface area contributed by atoms with Gasteiger partial charge in [0, 0.05) is 39.3 Å². The van der Waals surface area contributed by atoms with E-state index in [0.29, 0.717) is 37.6 Å². The number of benzene rings is 1.